The lowest BCUT2D eigenvalue weighted by Crippen LogP contribution is -2.19. The first-order valence-corrected chi connectivity index (χ1v) is 4.32. The molecule has 0 radical (unpaired) electrons. The Bertz CT molecular complexity index is 171. The molecule has 0 aliphatic rings. The van der Waals surface area contributed by atoms with Crippen LogP contribution in [0.1, 0.15) is 33.6 Å². The molecule has 0 aromatic heterocycles. The SMILES string of the molecule is C=C(C)CC[C@H](C(=O)O)C(C)C. The molecule has 0 unspecified atom stereocenters. The molecule has 0 amide bonds. The van der Waals surface area contributed by atoms with Crippen molar-refractivity contribution in [2.75, 3.05) is 0 Å². The van der Waals surface area contributed by atoms with Gasteiger partial charge in [0.25, 0.3) is 0 Å². The van der Waals surface area contributed by atoms with Crippen LogP contribution in [0.15, 0.2) is 12.2 Å². The zero-order chi connectivity index (χ0) is 9.72. The monoisotopic (exact) mass is 170 g/mol. The van der Waals surface area contributed by atoms with Crippen LogP contribution in [0.5, 0.6) is 0 Å². The van der Waals surface area contributed by atoms with Gasteiger partial charge >= 0.3 is 5.97 Å². The second-order valence-electron chi connectivity index (χ2n) is 3.68. The molecule has 2 nitrogen and oxygen atoms in total. The van der Waals surface area contributed by atoms with Crippen LogP contribution in [0.25, 0.3) is 0 Å². The Balaban J connectivity index is 3.97. The number of carboxylic acid groups (broad SMARTS) is 1. The summed E-state index contributed by atoms with van der Waals surface area (Å²) >= 11 is 0. The van der Waals surface area contributed by atoms with Crippen molar-refractivity contribution >= 4 is 5.97 Å². The number of carboxylic acids is 1. The average Bonchev–Trinajstić information content (AvgIpc) is 1.84. The minimum absolute atomic E-state index is 0.210. The Morgan fingerprint density at radius 1 is 1.50 bits per heavy atom. The van der Waals surface area contributed by atoms with E-state index in [9.17, 15) is 4.79 Å². The highest BCUT2D eigenvalue weighted by Crippen LogP contribution is 2.19. The fraction of sp³-hybridized carbons (Fsp3) is 0.700. The third kappa shape index (κ3) is 4.16. The van der Waals surface area contributed by atoms with Gasteiger partial charge in [0, 0.05) is 0 Å². The second-order valence-corrected chi connectivity index (χ2v) is 3.68. The standard InChI is InChI=1S/C10H18O2/c1-7(2)5-6-9(8(3)4)10(11)12/h8-9H,1,5-6H2,2-4H3,(H,11,12)/t9-/m0/s1. The fourth-order valence-corrected chi connectivity index (χ4v) is 1.14. The molecule has 0 saturated heterocycles. The molecular formula is C10H18O2. The van der Waals surface area contributed by atoms with Crippen molar-refractivity contribution in [2.45, 2.75) is 33.6 Å². The third-order valence-corrected chi connectivity index (χ3v) is 2.00. The molecule has 0 aliphatic heterocycles. The Morgan fingerprint density at radius 2 is 2.00 bits per heavy atom. The summed E-state index contributed by atoms with van der Waals surface area (Å²) < 4.78 is 0. The first kappa shape index (κ1) is 11.2. The van der Waals surface area contributed by atoms with Crippen molar-refractivity contribution in [3.05, 3.63) is 12.2 Å². The number of hydrogen-bond donors (Lipinski definition) is 1. The molecule has 0 heterocycles. The van der Waals surface area contributed by atoms with Crippen LogP contribution >= 0.6 is 0 Å². The van der Waals surface area contributed by atoms with Crippen molar-refractivity contribution in [2.24, 2.45) is 11.8 Å². The van der Waals surface area contributed by atoms with Crippen molar-refractivity contribution < 1.29 is 9.90 Å². The largest absolute Gasteiger partial charge is 0.481 e. The maximum atomic E-state index is 10.7. The summed E-state index contributed by atoms with van der Waals surface area (Å²) in [6.07, 6.45) is 1.53. The zero-order valence-corrected chi connectivity index (χ0v) is 8.13. The Morgan fingerprint density at radius 3 is 2.25 bits per heavy atom. The lowest BCUT2D eigenvalue weighted by Gasteiger charge is -2.15. The van der Waals surface area contributed by atoms with Gasteiger partial charge in [-0.3, -0.25) is 4.79 Å². The van der Waals surface area contributed by atoms with Crippen LogP contribution in [-0.4, -0.2) is 11.1 Å². The summed E-state index contributed by atoms with van der Waals surface area (Å²) in [5.74, 6) is -0.699. The van der Waals surface area contributed by atoms with Gasteiger partial charge in [-0.15, -0.1) is 6.58 Å². The molecule has 0 fully saturated rings. The molecule has 1 N–H and O–H groups in total. The van der Waals surface area contributed by atoms with E-state index >= 15 is 0 Å². The number of carbonyl (C=O) groups is 1. The van der Waals surface area contributed by atoms with E-state index < -0.39 is 5.97 Å². The highest BCUT2D eigenvalue weighted by atomic mass is 16.4. The number of aliphatic carboxylic acids is 1. The Kier molecular flexibility index (Phi) is 4.64. The van der Waals surface area contributed by atoms with E-state index in [1.54, 1.807) is 0 Å². The highest BCUT2D eigenvalue weighted by Gasteiger charge is 2.20. The first-order chi connectivity index (χ1) is 5.45. The lowest BCUT2D eigenvalue weighted by atomic mass is 9.90. The van der Waals surface area contributed by atoms with Gasteiger partial charge in [-0.2, -0.15) is 0 Å². The molecule has 70 valence electrons. The molecule has 0 aromatic carbocycles. The predicted octanol–water partition coefficient (Wildman–Crippen LogP) is 2.70. The quantitative estimate of drug-likeness (QED) is 0.644. The van der Waals surface area contributed by atoms with Gasteiger partial charge in [0.1, 0.15) is 0 Å². The van der Waals surface area contributed by atoms with E-state index in [1.807, 2.05) is 20.8 Å². The molecule has 12 heavy (non-hydrogen) atoms. The van der Waals surface area contributed by atoms with Crippen LogP contribution in [0.4, 0.5) is 0 Å². The summed E-state index contributed by atoms with van der Waals surface area (Å²) in [6, 6.07) is 0. The lowest BCUT2D eigenvalue weighted by molar-refractivity contribution is -0.143. The highest BCUT2D eigenvalue weighted by molar-refractivity contribution is 5.70. The molecule has 2 heteroatoms. The summed E-state index contributed by atoms with van der Waals surface area (Å²) in [6.45, 7) is 9.57. The summed E-state index contributed by atoms with van der Waals surface area (Å²) in [7, 11) is 0. The van der Waals surface area contributed by atoms with Gasteiger partial charge in [-0.1, -0.05) is 19.4 Å². The van der Waals surface area contributed by atoms with E-state index in [2.05, 4.69) is 6.58 Å². The molecular weight excluding hydrogens is 152 g/mol. The predicted molar refractivity (Wildman–Crippen MR) is 50.0 cm³/mol. The van der Waals surface area contributed by atoms with Crippen molar-refractivity contribution in [1.29, 1.82) is 0 Å². The second kappa shape index (κ2) is 4.96. The van der Waals surface area contributed by atoms with Crippen molar-refractivity contribution in [1.82, 2.24) is 0 Å². The average molecular weight is 170 g/mol. The van der Waals surface area contributed by atoms with Crippen LogP contribution < -0.4 is 0 Å². The summed E-state index contributed by atoms with van der Waals surface area (Å²) in [4.78, 5) is 10.7. The molecule has 0 bridgehead atoms. The first-order valence-electron chi connectivity index (χ1n) is 4.32. The van der Waals surface area contributed by atoms with Crippen LogP contribution in [0.3, 0.4) is 0 Å². The van der Waals surface area contributed by atoms with Crippen LogP contribution in [0.2, 0.25) is 0 Å². The van der Waals surface area contributed by atoms with Gasteiger partial charge in [-0.25, -0.2) is 0 Å². The fourth-order valence-electron chi connectivity index (χ4n) is 1.14. The van der Waals surface area contributed by atoms with Gasteiger partial charge in [-0.05, 0) is 25.7 Å². The topological polar surface area (TPSA) is 37.3 Å². The van der Waals surface area contributed by atoms with Gasteiger partial charge in [0.15, 0.2) is 0 Å². The molecule has 0 aromatic rings. The summed E-state index contributed by atoms with van der Waals surface area (Å²) in [5.41, 5.74) is 1.06. The minimum Gasteiger partial charge on any atom is -0.481 e. The smallest absolute Gasteiger partial charge is 0.306 e. The van der Waals surface area contributed by atoms with Gasteiger partial charge in [0.05, 0.1) is 5.92 Å². The molecule has 0 spiro atoms. The maximum Gasteiger partial charge on any atom is 0.306 e. The van der Waals surface area contributed by atoms with E-state index in [4.69, 9.17) is 5.11 Å². The summed E-state index contributed by atoms with van der Waals surface area (Å²) in [5, 5.41) is 8.83. The van der Waals surface area contributed by atoms with E-state index in [0.717, 1.165) is 12.0 Å². The van der Waals surface area contributed by atoms with Crippen molar-refractivity contribution in [3.8, 4) is 0 Å². The van der Waals surface area contributed by atoms with E-state index in [1.165, 1.54) is 0 Å². The van der Waals surface area contributed by atoms with E-state index in [-0.39, 0.29) is 11.8 Å². The van der Waals surface area contributed by atoms with Gasteiger partial charge < -0.3 is 5.11 Å². The zero-order valence-electron chi connectivity index (χ0n) is 8.13. The minimum atomic E-state index is -0.689. The normalized spacial score (nSPS) is 13.0. The molecule has 1 atom stereocenters. The van der Waals surface area contributed by atoms with Gasteiger partial charge in [0.2, 0.25) is 0 Å². The van der Waals surface area contributed by atoms with E-state index in [0.29, 0.717) is 6.42 Å². The number of rotatable bonds is 5. The Labute approximate surface area is 74.3 Å². The van der Waals surface area contributed by atoms with Crippen molar-refractivity contribution in [3.63, 3.8) is 0 Å². The number of hydrogen-bond acceptors (Lipinski definition) is 1. The van der Waals surface area contributed by atoms with Crippen LogP contribution in [-0.2, 0) is 4.79 Å². The Hall–Kier alpha value is -0.790. The maximum absolute atomic E-state index is 10.7. The van der Waals surface area contributed by atoms with Crippen LogP contribution in [0, 0.1) is 11.8 Å². The molecule has 0 saturated carbocycles. The molecule has 0 aliphatic carbocycles. The third-order valence-electron chi connectivity index (χ3n) is 2.00. The molecule has 0 rings (SSSR count). The number of allylic oxidation sites excluding steroid dienone is 1.